The first-order valence-corrected chi connectivity index (χ1v) is 10.2. The number of benzene rings is 1. The fraction of sp³-hybridized carbons (Fsp3) is 0.667. The maximum Gasteiger partial charge on any atom is 0.188 e. The van der Waals surface area contributed by atoms with Crippen LogP contribution in [-0.2, 0) is 11.3 Å². The lowest BCUT2D eigenvalue weighted by atomic mass is 9.92. The lowest BCUT2D eigenvalue weighted by Crippen LogP contribution is -2.52. The predicted octanol–water partition coefficient (Wildman–Crippen LogP) is 2.86. The number of halogens is 1. The number of guanidine groups is 1. The van der Waals surface area contributed by atoms with E-state index >= 15 is 0 Å². The number of aliphatic imine (C=N–C) groups is 1. The average Bonchev–Trinajstić information content (AvgIpc) is 2.75. The molecule has 1 heterocycles. The summed E-state index contributed by atoms with van der Waals surface area (Å²) < 4.78 is 16.1. The van der Waals surface area contributed by atoms with Crippen molar-refractivity contribution < 1.29 is 14.2 Å². The molecule has 8 heteroatoms. The number of rotatable bonds is 10. The summed E-state index contributed by atoms with van der Waals surface area (Å²) in [6, 6.07) is 6.22. The SMILES string of the molecule is CCC(CC)C(CNC(N)=NCc1ccc(OC)c(OC)c1)N1CCOCC1.I. The molecule has 1 unspecified atom stereocenters. The summed E-state index contributed by atoms with van der Waals surface area (Å²) in [5.41, 5.74) is 7.17. The van der Waals surface area contributed by atoms with Gasteiger partial charge in [-0.3, -0.25) is 4.90 Å². The number of nitrogens with one attached hydrogen (secondary N) is 1. The van der Waals surface area contributed by atoms with E-state index in [1.807, 2.05) is 18.2 Å². The number of hydrogen-bond donors (Lipinski definition) is 2. The Morgan fingerprint density at radius 3 is 2.41 bits per heavy atom. The zero-order valence-electron chi connectivity index (χ0n) is 18.1. The Labute approximate surface area is 192 Å². The zero-order valence-corrected chi connectivity index (χ0v) is 20.5. The summed E-state index contributed by atoms with van der Waals surface area (Å²) in [4.78, 5) is 7.02. The molecule has 1 fully saturated rings. The van der Waals surface area contributed by atoms with E-state index in [0.717, 1.165) is 51.3 Å². The van der Waals surface area contributed by atoms with E-state index in [1.54, 1.807) is 14.2 Å². The molecule has 0 spiro atoms. The second-order valence-corrected chi connectivity index (χ2v) is 7.06. The summed E-state index contributed by atoms with van der Waals surface area (Å²) in [6.07, 6.45) is 2.31. The van der Waals surface area contributed by atoms with Crippen LogP contribution in [0, 0.1) is 5.92 Å². The average molecular weight is 520 g/mol. The molecule has 0 aromatic heterocycles. The van der Waals surface area contributed by atoms with Crippen molar-refractivity contribution in [2.24, 2.45) is 16.6 Å². The van der Waals surface area contributed by atoms with Crippen LogP contribution in [-0.4, -0.2) is 64.0 Å². The minimum Gasteiger partial charge on any atom is -0.493 e. The maximum atomic E-state index is 6.15. The third kappa shape index (κ3) is 7.82. The van der Waals surface area contributed by atoms with Crippen molar-refractivity contribution in [3.8, 4) is 11.5 Å². The number of methoxy groups -OCH3 is 2. The van der Waals surface area contributed by atoms with Crippen LogP contribution in [0.4, 0.5) is 0 Å². The van der Waals surface area contributed by atoms with Gasteiger partial charge in [0.25, 0.3) is 0 Å². The Balaban J connectivity index is 0.00000420. The lowest BCUT2D eigenvalue weighted by molar-refractivity contribution is 0.00275. The molecule has 3 N–H and O–H groups in total. The molecule has 0 amide bonds. The minimum absolute atomic E-state index is 0. The molecule has 1 saturated heterocycles. The van der Waals surface area contributed by atoms with Gasteiger partial charge in [-0.2, -0.15) is 0 Å². The van der Waals surface area contributed by atoms with Gasteiger partial charge < -0.3 is 25.3 Å². The van der Waals surface area contributed by atoms with Gasteiger partial charge in [-0.25, -0.2) is 4.99 Å². The number of nitrogens with zero attached hydrogens (tertiary/aromatic N) is 2. The molecule has 1 atom stereocenters. The Bertz CT molecular complexity index is 620. The van der Waals surface area contributed by atoms with E-state index in [2.05, 4.69) is 29.1 Å². The highest BCUT2D eigenvalue weighted by atomic mass is 127. The molecular formula is C21H37IN4O3. The maximum absolute atomic E-state index is 6.15. The molecular weight excluding hydrogens is 483 g/mol. The van der Waals surface area contributed by atoms with Crippen LogP contribution in [0.2, 0.25) is 0 Å². The van der Waals surface area contributed by atoms with Crippen molar-refractivity contribution in [1.29, 1.82) is 0 Å². The van der Waals surface area contributed by atoms with Gasteiger partial charge in [0.15, 0.2) is 17.5 Å². The quantitative estimate of drug-likeness (QED) is 0.281. The van der Waals surface area contributed by atoms with Crippen LogP contribution in [0.3, 0.4) is 0 Å². The number of nitrogens with two attached hydrogens (primary N) is 1. The summed E-state index contributed by atoms with van der Waals surface area (Å²) in [5, 5.41) is 3.34. The van der Waals surface area contributed by atoms with Crippen LogP contribution in [0.1, 0.15) is 32.3 Å². The van der Waals surface area contributed by atoms with Gasteiger partial charge in [0.1, 0.15) is 0 Å². The van der Waals surface area contributed by atoms with Crippen LogP contribution >= 0.6 is 24.0 Å². The minimum atomic E-state index is 0. The topological polar surface area (TPSA) is 81.3 Å². The Morgan fingerprint density at radius 1 is 1.17 bits per heavy atom. The van der Waals surface area contributed by atoms with Crippen molar-refractivity contribution in [3.05, 3.63) is 23.8 Å². The fourth-order valence-corrected chi connectivity index (χ4v) is 3.76. The van der Waals surface area contributed by atoms with E-state index in [1.165, 1.54) is 0 Å². The highest BCUT2D eigenvalue weighted by Gasteiger charge is 2.26. The highest BCUT2D eigenvalue weighted by Crippen LogP contribution is 2.27. The van der Waals surface area contributed by atoms with E-state index in [4.69, 9.17) is 19.9 Å². The van der Waals surface area contributed by atoms with E-state index in [9.17, 15) is 0 Å². The Hall–Kier alpha value is -1.26. The second-order valence-electron chi connectivity index (χ2n) is 7.06. The monoisotopic (exact) mass is 520 g/mol. The normalized spacial score (nSPS) is 16.2. The molecule has 1 aromatic rings. The van der Waals surface area contributed by atoms with E-state index in [-0.39, 0.29) is 24.0 Å². The van der Waals surface area contributed by atoms with Crippen LogP contribution < -0.4 is 20.5 Å². The molecule has 0 radical (unpaired) electrons. The first kappa shape index (κ1) is 25.8. The lowest BCUT2D eigenvalue weighted by Gasteiger charge is -2.38. The Kier molecular flexibility index (Phi) is 12.3. The molecule has 166 valence electrons. The molecule has 7 nitrogen and oxygen atoms in total. The van der Waals surface area contributed by atoms with Gasteiger partial charge in [-0.15, -0.1) is 24.0 Å². The molecule has 0 aliphatic carbocycles. The van der Waals surface area contributed by atoms with Gasteiger partial charge >= 0.3 is 0 Å². The number of morpholine rings is 1. The van der Waals surface area contributed by atoms with Gasteiger partial charge in [0, 0.05) is 25.7 Å². The van der Waals surface area contributed by atoms with Gasteiger partial charge in [-0.05, 0) is 23.6 Å². The van der Waals surface area contributed by atoms with Crippen molar-refractivity contribution in [2.75, 3.05) is 47.1 Å². The smallest absolute Gasteiger partial charge is 0.188 e. The second kappa shape index (κ2) is 13.9. The molecule has 1 aliphatic heterocycles. The summed E-state index contributed by atoms with van der Waals surface area (Å²) >= 11 is 0. The molecule has 29 heavy (non-hydrogen) atoms. The van der Waals surface area contributed by atoms with Gasteiger partial charge in [0.2, 0.25) is 0 Å². The zero-order chi connectivity index (χ0) is 20.4. The van der Waals surface area contributed by atoms with E-state index < -0.39 is 0 Å². The van der Waals surface area contributed by atoms with Crippen LogP contribution in [0.15, 0.2) is 23.2 Å². The highest BCUT2D eigenvalue weighted by molar-refractivity contribution is 14.0. The third-order valence-electron chi connectivity index (χ3n) is 5.48. The molecule has 1 aliphatic rings. The van der Waals surface area contributed by atoms with Crippen LogP contribution in [0.25, 0.3) is 0 Å². The van der Waals surface area contributed by atoms with Crippen molar-refractivity contribution in [3.63, 3.8) is 0 Å². The third-order valence-corrected chi connectivity index (χ3v) is 5.48. The number of hydrogen-bond acceptors (Lipinski definition) is 5. The van der Waals surface area contributed by atoms with Crippen molar-refractivity contribution in [1.82, 2.24) is 10.2 Å². The first-order chi connectivity index (χ1) is 13.6. The molecule has 0 saturated carbocycles. The van der Waals surface area contributed by atoms with E-state index in [0.29, 0.717) is 36.0 Å². The van der Waals surface area contributed by atoms with Crippen molar-refractivity contribution in [2.45, 2.75) is 39.3 Å². The predicted molar refractivity (Wildman–Crippen MR) is 129 cm³/mol. The summed E-state index contributed by atoms with van der Waals surface area (Å²) in [5.74, 6) is 2.51. The van der Waals surface area contributed by atoms with Crippen LogP contribution in [0.5, 0.6) is 11.5 Å². The molecule has 2 rings (SSSR count). The standard InChI is InChI=1S/C21H36N4O3.HI/c1-5-17(6-2)18(25-9-11-28-12-10-25)15-24-21(22)23-14-16-7-8-19(26-3)20(13-16)27-4;/h7-8,13,17-18H,5-6,9-12,14-15H2,1-4H3,(H3,22,23,24);1H. The van der Waals surface area contributed by atoms with Gasteiger partial charge in [0.05, 0.1) is 34.0 Å². The largest absolute Gasteiger partial charge is 0.493 e. The van der Waals surface area contributed by atoms with Gasteiger partial charge in [-0.1, -0.05) is 32.8 Å². The first-order valence-electron chi connectivity index (χ1n) is 10.2. The summed E-state index contributed by atoms with van der Waals surface area (Å²) in [7, 11) is 3.26. The van der Waals surface area contributed by atoms with Crippen molar-refractivity contribution >= 4 is 29.9 Å². The molecule has 0 bridgehead atoms. The Morgan fingerprint density at radius 2 is 1.83 bits per heavy atom. The number of ether oxygens (including phenoxy) is 3. The fourth-order valence-electron chi connectivity index (χ4n) is 3.76. The molecule has 1 aromatic carbocycles. The summed E-state index contributed by atoms with van der Waals surface area (Å²) in [6.45, 7) is 9.38.